The van der Waals surface area contributed by atoms with Gasteiger partial charge in [0.1, 0.15) is 0 Å². The Morgan fingerprint density at radius 1 is 0.500 bits per heavy atom. The summed E-state index contributed by atoms with van der Waals surface area (Å²) >= 11 is 0. The fourth-order valence-corrected chi connectivity index (χ4v) is 5.15. The minimum atomic E-state index is -0.103. The minimum absolute atomic E-state index is 0.0701. The number of aromatic nitrogens is 1. The maximum Gasteiger partial charge on any atom is 0.0645 e. The summed E-state index contributed by atoms with van der Waals surface area (Å²) in [6.45, 7) is 0. The van der Waals surface area contributed by atoms with Crippen molar-refractivity contribution in [2.45, 2.75) is 0 Å². The molecule has 1 aromatic heterocycles. The van der Waals surface area contributed by atoms with E-state index in [-0.39, 0.29) is 29.9 Å². The second-order valence-corrected chi connectivity index (χ2v) is 9.21. The van der Waals surface area contributed by atoms with Crippen molar-refractivity contribution in [3.05, 3.63) is 152 Å². The zero-order chi connectivity index (χ0) is 28.8. The highest BCUT2D eigenvalue weighted by Crippen LogP contribution is 2.39. The predicted octanol–water partition coefficient (Wildman–Crippen LogP) is 9.86. The van der Waals surface area contributed by atoms with E-state index in [1.165, 1.54) is 0 Å². The van der Waals surface area contributed by atoms with E-state index >= 15 is 0 Å². The van der Waals surface area contributed by atoms with Crippen LogP contribution in [0.25, 0.3) is 49.7 Å². The number of para-hydroxylation sites is 2. The molecule has 1 N–H and O–H groups in total. The van der Waals surface area contributed by atoms with E-state index in [1.54, 1.807) is 12.1 Å². The number of benzene rings is 6. The first-order chi connectivity index (χ1) is 20.5. The third kappa shape index (κ3) is 3.93. The van der Waals surface area contributed by atoms with Crippen molar-refractivity contribution < 1.29 is 5.48 Å². The molecule has 0 spiro atoms. The van der Waals surface area contributed by atoms with Gasteiger partial charge in [0.25, 0.3) is 0 Å². The third-order valence-electron chi connectivity index (χ3n) is 6.84. The molecule has 7 rings (SSSR count). The van der Waals surface area contributed by atoms with Crippen LogP contribution in [0.5, 0.6) is 0 Å². The Morgan fingerprint density at radius 3 is 1.97 bits per heavy atom. The third-order valence-corrected chi connectivity index (χ3v) is 6.84. The van der Waals surface area contributed by atoms with Gasteiger partial charge in [0.05, 0.1) is 16.5 Å². The van der Waals surface area contributed by atoms with Gasteiger partial charge in [0, 0.05) is 27.8 Å². The molecule has 0 aliphatic carbocycles. The van der Waals surface area contributed by atoms with Crippen molar-refractivity contribution in [1.82, 2.24) is 4.57 Å². The normalized spacial score (nSPS) is 12.6. The maximum absolute atomic E-state index is 8.72. The van der Waals surface area contributed by atoms with Crippen LogP contribution in [-0.4, -0.2) is 4.57 Å². The molecule has 0 radical (unpaired) electrons. The van der Waals surface area contributed by atoms with E-state index in [4.69, 9.17) is 5.48 Å². The van der Waals surface area contributed by atoms with Crippen molar-refractivity contribution in [2.24, 2.45) is 0 Å². The van der Waals surface area contributed by atoms with Crippen LogP contribution >= 0.6 is 0 Å². The van der Waals surface area contributed by atoms with Crippen molar-refractivity contribution in [3.8, 4) is 27.9 Å². The molecule has 6 aromatic carbocycles. The first-order valence-corrected chi connectivity index (χ1v) is 12.6. The zero-order valence-corrected chi connectivity index (χ0v) is 20.6. The van der Waals surface area contributed by atoms with Crippen LogP contribution in [0.4, 0.5) is 11.4 Å². The molecule has 7 aromatic rings. The van der Waals surface area contributed by atoms with Crippen LogP contribution in [0.3, 0.4) is 0 Å². The Balaban J connectivity index is 1.35. The molecule has 0 amide bonds. The molecule has 0 saturated carbocycles. The quantitative estimate of drug-likeness (QED) is 0.254. The van der Waals surface area contributed by atoms with Crippen LogP contribution in [-0.2, 0) is 0 Å². The van der Waals surface area contributed by atoms with E-state index in [0.717, 1.165) is 38.6 Å². The highest BCUT2D eigenvalue weighted by atomic mass is 15.0. The topological polar surface area (TPSA) is 17.0 Å². The van der Waals surface area contributed by atoms with Gasteiger partial charge in [-0.1, -0.05) is 103 Å². The van der Waals surface area contributed by atoms with Gasteiger partial charge in [-0.05, 0) is 70.7 Å². The van der Waals surface area contributed by atoms with Gasteiger partial charge in [0.2, 0.25) is 0 Å². The summed E-state index contributed by atoms with van der Waals surface area (Å²) in [5.41, 5.74) is 7.18. The summed E-state index contributed by atoms with van der Waals surface area (Å²) in [6.07, 6.45) is 0. The van der Waals surface area contributed by atoms with Gasteiger partial charge >= 0.3 is 0 Å². The fourth-order valence-electron chi connectivity index (χ4n) is 5.15. The zero-order valence-electron chi connectivity index (χ0n) is 24.6. The van der Waals surface area contributed by atoms with E-state index in [0.29, 0.717) is 16.8 Å². The SMILES string of the molecule is [2H]c1c([2H])c(-c2ccccc2)c([2H])c([2H])c1Nc1cccc(-c2cccc3c2c2ccccc2n3-c2ccccc2)c1. The Bertz CT molecular complexity index is 2070. The van der Waals surface area contributed by atoms with Gasteiger partial charge in [-0.15, -0.1) is 0 Å². The number of fused-ring (bicyclic) bond motifs is 3. The summed E-state index contributed by atoms with van der Waals surface area (Å²) in [6, 6.07) is 41.8. The van der Waals surface area contributed by atoms with Crippen LogP contribution < -0.4 is 5.32 Å². The highest BCUT2D eigenvalue weighted by Gasteiger charge is 2.15. The highest BCUT2D eigenvalue weighted by molar-refractivity contribution is 6.15. The lowest BCUT2D eigenvalue weighted by atomic mass is 9.99. The van der Waals surface area contributed by atoms with Crippen LogP contribution in [0, 0.1) is 0 Å². The Morgan fingerprint density at radius 2 is 1.16 bits per heavy atom. The van der Waals surface area contributed by atoms with Crippen molar-refractivity contribution >= 4 is 33.2 Å². The van der Waals surface area contributed by atoms with Crippen molar-refractivity contribution in [2.75, 3.05) is 5.32 Å². The lowest BCUT2D eigenvalue weighted by molar-refractivity contribution is 1.18. The number of nitrogens with zero attached hydrogens (tertiary/aromatic N) is 1. The summed E-state index contributed by atoms with van der Waals surface area (Å²) in [5, 5.41) is 5.51. The first kappa shape index (κ1) is 18.2. The number of hydrogen-bond acceptors (Lipinski definition) is 1. The van der Waals surface area contributed by atoms with Crippen LogP contribution in [0.2, 0.25) is 0 Å². The molecule has 1 heterocycles. The maximum atomic E-state index is 8.72. The first-order valence-electron chi connectivity index (χ1n) is 14.6. The number of anilines is 2. The van der Waals surface area contributed by atoms with Gasteiger partial charge < -0.3 is 9.88 Å². The van der Waals surface area contributed by atoms with E-state index in [9.17, 15) is 0 Å². The van der Waals surface area contributed by atoms with E-state index in [1.807, 2.05) is 54.6 Å². The molecule has 0 unspecified atom stereocenters. The molecular formula is C36H26N2. The average Bonchev–Trinajstić information content (AvgIpc) is 3.38. The van der Waals surface area contributed by atoms with Crippen molar-refractivity contribution in [3.63, 3.8) is 0 Å². The molecule has 0 aliphatic heterocycles. The molecule has 180 valence electrons. The minimum Gasteiger partial charge on any atom is -0.356 e. The summed E-state index contributed by atoms with van der Waals surface area (Å²) in [7, 11) is 0. The lowest BCUT2D eigenvalue weighted by Gasteiger charge is -2.11. The molecular weight excluding hydrogens is 460 g/mol. The molecule has 2 heteroatoms. The van der Waals surface area contributed by atoms with E-state index < -0.39 is 0 Å². The van der Waals surface area contributed by atoms with Gasteiger partial charge in [-0.2, -0.15) is 0 Å². The number of rotatable bonds is 5. The summed E-state index contributed by atoms with van der Waals surface area (Å²) < 4.78 is 37.0. The van der Waals surface area contributed by atoms with Crippen LogP contribution in [0.1, 0.15) is 5.48 Å². The van der Waals surface area contributed by atoms with Gasteiger partial charge in [-0.25, -0.2) is 0 Å². The Hall–Kier alpha value is -5.08. The summed E-state index contributed by atoms with van der Waals surface area (Å²) in [4.78, 5) is 0. The molecule has 0 bridgehead atoms. The second-order valence-electron chi connectivity index (χ2n) is 9.21. The van der Waals surface area contributed by atoms with Gasteiger partial charge in [0.15, 0.2) is 0 Å². The molecule has 0 fully saturated rings. The molecule has 0 saturated heterocycles. The largest absolute Gasteiger partial charge is 0.356 e. The number of nitrogens with one attached hydrogen (secondary N) is 1. The smallest absolute Gasteiger partial charge is 0.0645 e. The number of hydrogen-bond donors (Lipinski definition) is 1. The Kier molecular flexibility index (Phi) is 4.51. The van der Waals surface area contributed by atoms with Crippen molar-refractivity contribution in [1.29, 1.82) is 0 Å². The second kappa shape index (κ2) is 9.42. The lowest BCUT2D eigenvalue weighted by Crippen LogP contribution is -1.93. The molecule has 0 atom stereocenters. The average molecular weight is 491 g/mol. The fraction of sp³-hybridized carbons (Fsp3) is 0. The monoisotopic (exact) mass is 490 g/mol. The standard InChI is InChI=1S/C36H26N2/c1-3-11-26(12-4-1)27-21-23-29(24-22-27)37-30-14-9-13-28(25-30)32-18-10-20-35-36(32)33-17-7-8-19-34(33)38(35)31-15-5-2-6-16-31/h1-25,37H/i21D,22D,23D,24D. The summed E-state index contributed by atoms with van der Waals surface area (Å²) in [5.74, 6) is 0. The predicted molar refractivity (Wildman–Crippen MR) is 161 cm³/mol. The molecule has 2 nitrogen and oxygen atoms in total. The Labute approximate surface area is 228 Å². The van der Waals surface area contributed by atoms with E-state index in [2.05, 4.69) is 70.5 Å². The molecule has 0 aliphatic rings. The van der Waals surface area contributed by atoms with Gasteiger partial charge in [-0.3, -0.25) is 0 Å². The molecule has 38 heavy (non-hydrogen) atoms. The van der Waals surface area contributed by atoms with Crippen LogP contribution in [0.15, 0.2) is 152 Å².